The van der Waals surface area contributed by atoms with E-state index < -0.39 is 5.97 Å². The van der Waals surface area contributed by atoms with Crippen LogP contribution >= 0.6 is 0 Å². The lowest BCUT2D eigenvalue weighted by atomic mass is 9.95. The molecular weight excluding hydrogens is 196 g/mol. The molecule has 1 unspecified atom stereocenters. The van der Waals surface area contributed by atoms with Gasteiger partial charge in [0, 0.05) is 6.54 Å². The molecule has 0 saturated carbocycles. The molecule has 0 aliphatic carbocycles. The molecule has 0 aromatic heterocycles. The molecule has 3 N–H and O–H groups in total. The Morgan fingerprint density at radius 3 is 2.40 bits per heavy atom. The maximum absolute atomic E-state index is 11.5. The lowest BCUT2D eigenvalue weighted by molar-refractivity contribution is -0.144. The SMILES string of the molecule is CCOC(=O)CNC(=O)C(CN)C(C)C. The van der Waals surface area contributed by atoms with E-state index in [4.69, 9.17) is 5.73 Å². The predicted molar refractivity (Wildman–Crippen MR) is 57.0 cm³/mol. The fourth-order valence-electron chi connectivity index (χ4n) is 1.18. The van der Waals surface area contributed by atoms with Crippen LogP contribution in [0.4, 0.5) is 0 Å². The zero-order valence-electron chi connectivity index (χ0n) is 9.58. The third-order valence-corrected chi connectivity index (χ3v) is 2.11. The maximum atomic E-state index is 11.5. The van der Waals surface area contributed by atoms with E-state index in [1.165, 1.54) is 0 Å². The molecule has 0 aromatic carbocycles. The molecule has 0 aliphatic heterocycles. The van der Waals surface area contributed by atoms with E-state index in [-0.39, 0.29) is 30.8 Å². The second-order valence-corrected chi connectivity index (χ2v) is 3.61. The molecule has 1 amide bonds. The summed E-state index contributed by atoms with van der Waals surface area (Å²) in [7, 11) is 0. The fourth-order valence-corrected chi connectivity index (χ4v) is 1.18. The number of amides is 1. The van der Waals surface area contributed by atoms with Crippen LogP contribution in [0.25, 0.3) is 0 Å². The number of nitrogens with one attached hydrogen (secondary N) is 1. The lowest BCUT2D eigenvalue weighted by Gasteiger charge is -2.17. The molecule has 5 heteroatoms. The Hall–Kier alpha value is -1.10. The molecule has 0 heterocycles. The van der Waals surface area contributed by atoms with Crippen molar-refractivity contribution < 1.29 is 14.3 Å². The Balaban J connectivity index is 3.96. The van der Waals surface area contributed by atoms with Gasteiger partial charge in [0.05, 0.1) is 12.5 Å². The number of carbonyl (C=O) groups excluding carboxylic acids is 2. The summed E-state index contributed by atoms with van der Waals surface area (Å²) >= 11 is 0. The summed E-state index contributed by atoms with van der Waals surface area (Å²) in [5, 5.41) is 2.51. The van der Waals surface area contributed by atoms with Gasteiger partial charge in [0.15, 0.2) is 0 Å². The van der Waals surface area contributed by atoms with Gasteiger partial charge in [0.2, 0.25) is 5.91 Å². The molecule has 15 heavy (non-hydrogen) atoms. The van der Waals surface area contributed by atoms with Gasteiger partial charge in [-0.25, -0.2) is 0 Å². The Morgan fingerprint density at radius 2 is 2.00 bits per heavy atom. The van der Waals surface area contributed by atoms with Crippen molar-refractivity contribution in [3.63, 3.8) is 0 Å². The number of esters is 1. The minimum Gasteiger partial charge on any atom is -0.465 e. The first-order chi connectivity index (χ1) is 7.02. The first-order valence-electron chi connectivity index (χ1n) is 5.16. The number of carbonyl (C=O) groups is 2. The van der Waals surface area contributed by atoms with Gasteiger partial charge in [-0.3, -0.25) is 9.59 Å². The van der Waals surface area contributed by atoms with Crippen LogP contribution in [-0.4, -0.2) is 31.6 Å². The van der Waals surface area contributed by atoms with Crippen molar-refractivity contribution in [2.45, 2.75) is 20.8 Å². The quantitative estimate of drug-likeness (QED) is 0.607. The molecule has 0 aromatic rings. The molecule has 0 spiro atoms. The molecule has 0 bridgehead atoms. The number of nitrogens with two attached hydrogens (primary N) is 1. The van der Waals surface area contributed by atoms with Crippen molar-refractivity contribution in [2.75, 3.05) is 19.7 Å². The van der Waals surface area contributed by atoms with Crippen LogP contribution in [0.15, 0.2) is 0 Å². The highest BCUT2D eigenvalue weighted by Crippen LogP contribution is 2.08. The molecule has 0 fully saturated rings. The smallest absolute Gasteiger partial charge is 0.325 e. The monoisotopic (exact) mass is 216 g/mol. The summed E-state index contributed by atoms with van der Waals surface area (Å²) in [5.41, 5.74) is 5.46. The molecule has 5 nitrogen and oxygen atoms in total. The molecular formula is C10H20N2O3. The number of rotatable bonds is 6. The summed E-state index contributed by atoms with van der Waals surface area (Å²) in [5.74, 6) is -0.706. The van der Waals surface area contributed by atoms with Gasteiger partial charge in [-0.15, -0.1) is 0 Å². The Labute approximate surface area is 90.4 Å². The number of hydrogen-bond acceptors (Lipinski definition) is 4. The summed E-state index contributed by atoms with van der Waals surface area (Å²) < 4.78 is 4.68. The van der Waals surface area contributed by atoms with E-state index in [0.717, 1.165) is 0 Å². The Kier molecular flexibility index (Phi) is 6.70. The molecule has 0 aliphatic rings. The van der Waals surface area contributed by atoms with Crippen molar-refractivity contribution in [1.29, 1.82) is 0 Å². The third-order valence-electron chi connectivity index (χ3n) is 2.11. The Bertz CT molecular complexity index is 217. The van der Waals surface area contributed by atoms with Gasteiger partial charge in [0.25, 0.3) is 0 Å². The summed E-state index contributed by atoms with van der Waals surface area (Å²) in [6.07, 6.45) is 0. The van der Waals surface area contributed by atoms with Crippen LogP contribution in [0.5, 0.6) is 0 Å². The minimum atomic E-state index is -0.426. The highest BCUT2D eigenvalue weighted by molar-refractivity contribution is 5.83. The zero-order chi connectivity index (χ0) is 11.8. The van der Waals surface area contributed by atoms with Gasteiger partial charge in [-0.2, -0.15) is 0 Å². The van der Waals surface area contributed by atoms with Crippen molar-refractivity contribution in [3.05, 3.63) is 0 Å². The third kappa shape index (κ3) is 5.37. The summed E-state index contributed by atoms with van der Waals surface area (Å²) in [6.45, 7) is 6.07. The molecule has 0 saturated heterocycles. The average molecular weight is 216 g/mol. The van der Waals surface area contributed by atoms with Gasteiger partial charge < -0.3 is 15.8 Å². The maximum Gasteiger partial charge on any atom is 0.325 e. The first-order valence-corrected chi connectivity index (χ1v) is 5.16. The molecule has 88 valence electrons. The topological polar surface area (TPSA) is 81.4 Å². The van der Waals surface area contributed by atoms with Crippen LogP contribution in [0.2, 0.25) is 0 Å². The van der Waals surface area contributed by atoms with Crippen LogP contribution in [-0.2, 0) is 14.3 Å². The standard InChI is InChI=1S/C10H20N2O3/c1-4-15-9(13)6-12-10(14)8(5-11)7(2)3/h7-8H,4-6,11H2,1-3H3,(H,12,14). The largest absolute Gasteiger partial charge is 0.465 e. The van der Waals surface area contributed by atoms with Crippen molar-refractivity contribution >= 4 is 11.9 Å². The summed E-state index contributed by atoms with van der Waals surface area (Å²) in [6, 6.07) is 0. The van der Waals surface area contributed by atoms with Crippen LogP contribution in [0.3, 0.4) is 0 Å². The van der Waals surface area contributed by atoms with Crippen molar-refractivity contribution in [1.82, 2.24) is 5.32 Å². The normalized spacial score (nSPS) is 12.3. The molecule has 0 radical (unpaired) electrons. The average Bonchev–Trinajstić information content (AvgIpc) is 2.15. The molecule has 0 rings (SSSR count). The second-order valence-electron chi connectivity index (χ2n) is 3.61. The lowest BCUT2D eigenvalue weighted by Crippen LogP contribution is -2.40. The van der Waals surface area contributed by atoms with Crippen LogP contribution in [0.1, 0.15) is 20.8 Å². The molecule has 1 atom stereocenters. The van der Waals surface area contributed by atoms with Gasteiger partial charge >= 0.3 is 5.97 Å². The van der Waals surface area contributed by atoms with Gasteiger partial charge in [-0.1, -0.05) is 13.8 Å². The van der Waals surface area contributed by atoms with E-state index in [9.17, 15) is 9.59 Å². The van der Waals surface area contributed by atoms with E-state index >= 15 is 0 Å². The van der Waals surface area contributed by atoms with E-state index in [2.05, 4.69) is 10.1 Å². The van der Waals surface area contributed by atoms with Crippen molar-refractivity contribution in [2.24, 2.45) is 17.6 Å². The fraction of sp³-hybridized carbons (Fsp3) is 0.800. The van der Waals surface area contributed by atoms with Crippen LogP contribution < -0.4 is 11.1 Å². The first kappa shape index (κ1) is 13.9. The van der Waals surface area contributed by atoms with E-state index in [0.29, 0.717) is 6.61 Å². The zero-order valence-corrected chi connectivity index (χ0v) is 9.58. The summed E-state index contributed by atoms with van der Waals surface area (Å²) in [4.78, 5) is 22.5. The van der Waals surface area contributed by atoms with Crippen LogP contribution in [0, 0.1) is 11.8 Å². The van der Waals surface area contributed by atoms with Gasteiger partial charge in [0.1, 0.15) is 6.54 Å². The minimum absolute atomic E-state index is 0.0874. The highest BCUT2D eigenvalue weighted by atomic mass is 16.5. The second kappa shape index (κ2) is 7.23. The number of hydrogen-bond donors (Lipinski definition) is 2. The number of ether oxygens (including phenoxy) is 1. The Morgan fingerprint density at radius 1 is 1.40 bits per heavy atom. The predicted octanol–water partition coefficient (Wildman–Crippen LogP) is -0.103. The van der Waals surface area contributed by atoms with E-state index in [1.54, 1.807) is 6.92 Å². The van der Waals surface area contributed by atoms with Crippen molar-refractivity contribution in [3.8, 4) is 0 Å². The van der Waals surface area contributed by atoms with E-state index in [1.807, 2.05) is 13.8 Å². The van der Waals surface area contributed by atoms with Gasteiger partial charge in [-0.05, 0) is 12.8 Å². The highest BCUT2D eigenvalue weighted by Gasteiger charge is 2.20.